The van der Waals surface area contributed by atoms with Crippen LogP contribution < -0.4 is 0 Å². The zero-order chi connectivity index (χ0) is 14.7. The number of thiazole rings is 1. The first-order valence-electron chi connectivity index (χ1n) is 6.64. The molecule has 0 bridgehead atoms. The molecule has 2 heterocycles. The number of aromatic nitrogens is 2. The Balaban J connectivity index is 2.15. The van der Waals surface area contributed by atoms with Crippen LogP contribution in [0, 0.1) is 0 Å². The molecule has 0 N–H and O–H groups in total. The van der Waals surface area contributed by atoms with E-state index in [-0.39, 0.29) is 11.9 Å². The van der Waals surface area contributed by atoms with Crippen molar-refractivity contribution in [1.82, 2.24) is 14.9 Å². The maximum absolute atomic E-state index is 12.5. The van der Waals surface area contributed by atoms with Gasteiger partial charge in [-0.15, -0.1) is 11.3 Å². The van der Waals surface area contributed by atoms with Gasteiger partial charge in [-0.1, -0.05) is 19.9 Å². The molecule has 1 atom stereocenters. The van der Waals surface area contributed by atoms with Crippen molar-refractivity contribution >= 4 is 17.2 Å². The third-order valence-corrected chi connectivity index (χ3v) is 4.53. The topological polar surface area (TPSA) is 46.1 Å². The van der Waals surface area contributed by atoms with Gasteiger partial charge in [0.25, 0.3) is 5.91 Å². The van der Waals surface area contributed by atoms with Crippen LogP contribution in [0.1, 0.15) is 53.1 Å². The summed E-state index contributed by atoms with van der Waals surface area (Å²) in [4.78, 5) is 23.5. The van der Waals surface area contributed by atoms with Crippen molar-refractivity contribution in [3.8, 4) is 0 Å². The molecule has 1 unspecified atom stereocenters. The fraction of sp³-hybridized carbons (Fsp3) is 0.400. The minimum atomic E-state index is -0.0618. The van der Waals surface area contributed by atoms with E-state index in [0.717, 1.165) is 10.7 Å². The lowest BCUT2D eigenvalue weighted by molar-refractivity contribution is 0.0744. The average molecular weight is 289 g/mol. The summed E-state index contributed by atoms with van der Waals surface area (Å²) in [5.74, 6) is 0.340. The zero-order valence-corrected chi connectivity index (χ0v) is 13.0. The van der Waals surface area contributed by atoms with E-state index in [1.54, 1.807) is 24.3 Å². The normalized spacial score (nSPS) is 12.4. The van der Waals surface area contributed by atoms with E-state index in [9.17, 15) is 4.79 Å². The molecule has 0 aliphatic carbocycles. The smallest absolute Gasteiger partial charge is 0.265 e. The predicted octanol–water partition coefficient (Wildman–Crippen LogP) is 3.49. The largest absolute Gasteiger partial charge is 0.333 e. The van der Waals surface area contributed by atoms with E-state index in [2.05, 4.69) is 23.8 Å². The molecule has 2 aromatic rings. The quantitative estimate of drug-likeness (QED) is 0.865. The summed E-state index contributed by atoms with van der Waals surface area (Å²) >= 11 is 1.47. The van der Waals surface area contributed by atoms with Crippen molar-refractivity contribution < 1.29 is 4.79 Å². The monoisotopic (exact) mass is 289 g/mol. The Kier molecular flexibility index (Phi) is 4.49. The third kappa shape index (κ3) is 3.04. The first kappa shape index (κ1) is 14.7. The lowest BCUT2D eigenvalue weighted by Gasteiger charge is -2.23. The Morgan fingerprint density at radius 3 is 2.55 bits per heavy atom. The van der Waals surface area contributed by atoms with Gasteiger partial charge in [0.1, 0.15) is 4.88 Å². The maximum Gasteiger partial charge on any atom is 0.265 e. The Morgan fingerprint density at radius 2 is 2.00 bits per heavy atom. The van der Waals surface area contributed by atoms with Crippen LogP contribution in [-0.2, 0) is 0 Å². The molecule has 1 amide bonds. The molecule has 0 radical (unpaired) electrons. The molecule has 106 valence electrons. The molecule has 2 rings (SSSR count). The minimum Gasteiger partial charge on any atom is -0.333 e. The first-order chi connectivity index (χ1) is 9.50. The predicted molar refractivity (Wildman–Crippen MR) is 80.9 cm³/mol. The van der Waals surface area contributed by atoms with Gasteiger partial charge in [0.15, 0.2) is 0 Å². The number of carbonyl (C=O) groups excluding carboxylic acids is 1. The van der Waals surface area contributed by atoms with Crippen LogP contribution in [0.4, 0.5) is 0 Å². The molecular formula is C15H19N3OS. The van der Waals surface area contributed by atoms with Crippen LogP contribution in [-0.4, -0.2) is 27.8 Å². The number of pyridine rings is 1. The number of hydrogen-bond donors (Lipinski definition) is 0. The van der Waals surface area contributed by atoms with E-state index in [1.807, 2.05) is 25.1 Å². The molecule has 4 nitrogen and oxygen atoms in total. The van der Waals surface area contributed by atoms with Crippen molar-refractivity contribution in [2.24, 2.45) is 0 Å². The summed E-state index contributed by atoms with van der Waals surface area (Å²) in [5.41, 5.74) is 0.886. The highest BCUT2D eigenvalue weighted by atomic mass is 32.1. The minimum absolute atomic E-state index is 0.00690. The van der Waals surface area contributed by atoms with Gasteiger partial charge in [0.05, 0.1) is 22.9 Å². The van der Waals surface area contributed by atoms with Gasteiger partial charge in [-0.2, -0.15) is 0 Å². The zero-order valence-electron chi connectivity index (χ0n) is 12.2. The number of amides is 1. The molecule has 20 heavy (non-hydrogen) atoms. The van der Waals surface area contributed by atoms with Crippen LogP contribution in [0.3, 0.4) is 0 Å². The highest BCUT2D eigenvalue weighted by Crippen LogP contribution is 2.24. The van der Waals surface area contributed by atoms with Gasteiger partial charge in [0, 0.05) is 19.2 Å². The van der Waals surface area contributed by atoms with E-state index in [1.165, 1.54) is 11.3 Å². The summed E-state index contributed by atoms with van der Waals surface area (Å²) in [6.07, 6.45) is 3.41. The van der Waals surface area contributed by atoms with E-state index < -0.39 is 0 Å². The van der Waals surface area contributed by atoms with E-state index >= 15 is 0 Å². The molecule has 0 fully saturated rings. The van der Waals surface area contributed by atoms with Crippen molar-refractivity contribution in [1.29, 1.82) is 0 Å². The van der Waals surface area contributed by atoms with E-state index in [0.29, 0.717) is 10.8 Å². The Morgan fingerprint density at radius 1 is 1.25 bits per heavy atom. The van der Waals surface area contributed by atoms with Crippen molar-refractivity contribution in [3.63, 3.8) is 0 Å². The lowest BCUT2D eigenvalue weighted by Crippen LogP contribution is -2.29. The number of rotatable bonds is 4. The second-order valence-corrected chi connectivity index (χ2v) is 6.13. The summed E-state index contributed by atoms with van der Waals surface area (Å²) in [5, 5.41) is 0.993. The number of hydrogen-bond acceptors (Lipinski definition) is 4. The number of carbonyl (C=O) groups is 1. The Labute approximate surface area is 123 Å². The molecule has 0 spiro atoms. The van der Waals surface area contributed by atoms with Crippen molar-refractivity contribution in [2.75, 3.05) is 7.05 Å². The summed E-state index contributed by atoms with van der Waals surface area (Å²) in [7, 11) is 1.80. The van der Waals surface area contributed by atoms with Gasteiger partial charge < -0.3 is 4.90 Å². The third-order valence-electron chi connectivity index (χ3n) is 3.25. The fourth-order valence-corrected chi connectivity index (χ4v) is 2.73. The van der Waals surface area contributed by atoms with Gasteiger partial charge in [-0.25, -0.2) is 4.98 Å². The van der Waals surface area contributed by atoms with Crippen molar-refractivity contribution in [3.05, 3.63) is 46.2 Å². The lowest BCUT2D eigenvalue weighted by atomic mass is 10.2. The van der Waals surface area contributed by atoms with Crippen LogP contribution >= 0.6 is 11.3 Å². The van der Waals surface area contributed by atoms with Gasteiger partial charge in [-0.3, -0.25) is 9.78 Å². The number of nitrogens with zero attached hydrogens (tertiary/aromatic N) is 3. The maximum atomic E-state index is 12.5. The highest BCUT2D eigenvalue weighted by molar-refractivity contribution is 7.13. The summed E-state index contributed by atoms with van der Waals surface area (Å²) in [6, 6.07) is 5.67. The van der Waals surface area contributed by atoms with Crippen LogP contribution in [0.5, 0.6) is 0 Å². The molecule has 0 saturated heterocycles. The molecule has 5 heteroatoms. The second-order valence-electron chi connectivity index (χ2n) is 5.06. The van der Waals surface area contributed by atoms with Gasteiger partial charge >= 0.3 is 0 Å². The van der Waals surface area contributed by atoms with Crippen molar-refractivity contribution in [2.45, 2.75) is 32.7 Å². The van der Waals surface area contributed by atoms with Gasteiger partial charge in [-0.05, 0) is 19.1 Å². The standard InChI is InChI=1S/C15H19N3OS/c1-10(2)14-17-9-13(20-14)15(19)18(4)11(3)12-7-5-6-8-16-12/h5-11H,1-4H3. The molecule has 0 aromatic carbocycles. The Hall–Kier alpha value is -1.75. The molecule has 0 aliphatic rings. The van der Waals surface area contributed by atoms with E-state index in [4.69, 9.17) is 0 Å². The van der Waals surface area contributed by atoms with Crippen LogP contribution in [0.2, 0.25) is 0 Å². The van der Waals surface area contributed by atoms with Gasteiger partial charge in [0.2, 0.25) is 0 Å². The molecular weight excluding hydrogens is 270 g/mol. The summed E-state index contributed by atoms with van der Waals surface area (Å²) < 4.78 is 0. The fourth-order valence-electron chi connectivity index (χ4n) is 1.82. The molecule has 2 aromatic heterocycles. The first-order valence-corrected chi connectivity index (χ1v) is 7.46. The average Bonchev–Trinajstić information content (AvgIpc) is 2.96. The summed E-state index contributed by atoms with van der Waals surface area (Å²) in [6.45, 7) is 6.13. The second kappa shape index (κ2) is 6.13. The highest BCUT2D eigenvalue weighted by Gasteiger charge is 2.22. The SMILES string of the molecule is CC(C)c1ncc(C(=O)N(C)C(C)c2ccccn2)s1. The molecule has 0 aliphatic heterocycles. The van der Waals surface area contributed by atoms with Crippen LogP contribution in [0.15, 0.2) is 30.6 Å². The van der Waals surface area contributed by atoms with Crippen LogP contribution in [0.25, 0.3) is 0 Å². The Bertz CT molecular complexity index is 580. The molecule has 0 saturated carbocycles.